The van der Waals surface area contributed by atoms with Gasteiger partial charge in [-0.1, -0.05) is 45.7 Å². The summed E-state index contributed by atoms with van der Waals surface area (Å²) < 4.78 is 7.70. The number of nitrogens with zero attached hydrogens (tertiary/aromatic N) is 2. The summed E-state index contributed by atoms with van der Waals surface area (Å²) >= 11 is 9.41. The number of hydrogen-bond acceptors (Lipinski definition) is 4. The van der Waals surface area contributed by atoms with Gasteiger partial charge in [0.1, 0.15) is 0 Å². The van der Waals surface area contributed by atoms with Crippen molar-refractivity contribution in [2.45, 2.75) is 19.3 Å². The average molecular weight is 424 g/mol. The second-order valence-corrected chi connectivity index (χ2v) is 6.95. The molecule has 0 bridgehead atoms. The molecular formula is C18H16BrClN2O3. The molecule has 2 aromatic carbocycles. The van der Waals surface area contributed by atoms with Crippen LogP contribution in [0.15, 0.2) is 58.1 Å². The van der Waals surface area contributed by atoms with Crippen LogP contribution in [0.25, 0.3) is 10.9 Å². The second-order valence-electron chi connectivity index (χ2n) is 5.62. The molecule has 0 spiro atoms. The summed E-state index contributed by atoms with van der Waals surface area (Å²) in [7, 11) is 0. The third-order valence-corrected chi connectivity index (χ3v) is 4.58. The Bertz CT molecular complexity index is 945. The molecule has 3 rings (SSSR count). The standard InChI is InChI=1S/C18H16BrClN2O3/c19-13-5-6-17-15(7-13)18(24)22(11-21-17)8-14(23)10-25-9-12-3-1-2-4-16(12)20/h1-7,11,14,23H,8-10H2/t14-/m1/s1. The van der Waals surface area contributed by atoms with Crippen molar-refractivity contribution in [2.24, 2.45) is 0 Å². The van der Waals surface area contributed by atoms with Gasteiger partial charge in [-0.2, -0.15) is 0 Å². The molecule has 1 aromatic heterocycles. The molecule has 0 fully saturated rings. The number of ether oxygens (including phenoxy) is 1. The Morgan fingerprint density at radius 1 is 1.28 bits per heavy atom. The van der Waals surface area contributed by atoms with E-state index in [2.05, 4.69) is 20.9 Å². The minimum Gasteiger partial charge on any atom is -0.389 e. The Kier molecular flexibility index (Phi) is 5.86. The Hall–Kier alpha value is -1.73. The van der Waals surface area contributed by atoms with Crippen molar-refractivity contribution >= 4 is 38.4 Å². The molecule has 7 heteroatoms. The fourth-order valence-electron chi connectivity index (χ4n) is 2.46. The van der Waals surface area contributed by atoms with E-state index < -0.39 is 6.10 Å². The van der Waals surface area contributed by atoms with Crippen molar-refractivity contribution in [1.29, 1.82) is 0 Å². The molecule has 1 N–H and O–H groups in total. The molecule has 5 nitrogen and oxygen atoms in total. The van der Waals surface area contributed by atoms with Crippen molar-refractivity contribution in [1.82, 2.24) is 9.55 Å². The van der Waals surface area contributed by atoms with E-state index in [9.17, 15) is 9.90 Å². The van der Waals surface area contributed by atoms with E-state index in [0.29, 0.717) is 22.5 Å². The second kappa shape index (κ2) is 8.10. The molecule has 0 saturated heterocycles. The van der Waals surface area contributed by atoms with Crippen molar-refractivity contribution in [3.8, 4) is 0 Å². The smallest absolute Gasteiger partial charge is 0.261 e. The molecule has 0 aliphatic carbocycles. The van der Waals surface area contributed by atoms with Crippen LogP contribution in [0.3, 0.4) is 0 Å². The minimum absolute atomic E-state index is 0.0915. The first-order valence-electron chi connectivity index (χ1n) is 7.68. The van der Waals surface area contributed by atoms with E-state index in [1.165, 1.54) is 10.9 Å². The highest BCUT2D eigenvalue weighted by Gasteiger charge is 2.10. The Morgan fingerprint density at radius 3 is 2.88 bits per heavy atom. The highest BCUT2D eigenvalue weighted by molar-refractivity contribution is 9.10. The molecule has 0 saturated carbocycles. The number of rotatable bonds is 6. The molecule has 1 atom stereocenters. The fourth-order valence-corrected chi connectivity index (χ4v) is 3.01. The number of hydrogen-bond donors (Lipinski definition) is 1. The van der Waals surface area contributed by atoms with Gasteiger partial charge in [-0.25, -0.2) is 4.98 Å². The first-order valence-corrected chi connectivity index (χ1v) is 8.85. The largest absolute Gasteiger partial charge is 0.389 e. The number of aliphatic hydroxyl groups excluding tert-OH is 1. The summed E-state index contributed by atoms with van der Waals surface area (Å²) in [6.45, 7) is 0.500. The van der Waals surface area contributed by atoms with Crippen LogP contribution in [-0.2, 0) is 17.9 Å². The summed E-state index contributed by atoms with van der Waals surface area (Å²) in [4.78, 5) is 16.7. The van der Waals surface area contributed by atoms with Crippen LogP contribution < -0.4 is 5.56 Å². The van der Waals surface area contributed by atoms with Gasteiger partial charge in [-0.05, 0) is 29.8 Å². The fraction of sp³-hybridized carbons (Fsp3) is 0.222. The Balaban J connectivity index is 1.64. The molecule has 1 heterocycles. The van der Waals surface area contributed by atoms with Gasteiger partial charge in [-0.15, -0.1) is 0 Å². The third kappa shape index (κ3) is 4.46. The molecule has 25 heavy (non-hydrogen) atoms. The number of fused-ring (bicyclic) bond motifs is 1. The number of halogens is 2. The molecular weight excluding hydrogens is 408 g/mol. The molecule has 0 radical (unpaired) electrons. The monoisotopic (exact) mass is 422 g/mol. The first kappa shape index (κ1) is 18.1. The van der Waals surface area contributed by atoms with Crippen molar-refractivity contribution in [3.63, 3.8) is 0 Å². The van der Waals surface area contributed by atoms with Gasteiger partial charge in [0.25, 0.3) is 5.56 Å². The predicted octanol–water partition coefficient (Wildman–Crippen LogP) is 3.39. The lowest BCUT2D eigenvalue weighted by atomic mass is 10.2. The van der Waals surface area contributed by atoms with E-state index in [-0.39, 0.29) is 18.7 Å². The van der Waals surface area contributed by atoms with Crippen LogP contribution in [0.5, 0.6) is 0 Å². The lowest BCUT2D eigenvalue weighted by Crippen LogP contribution is -2.29. The first-order chi connectivity index (χ1) is 12.0. The zero-order valence-corrected chi connectivity index (χ0v) is 15.6. The van der Waals surface area contributed by atoms with Crippen molar-refractivity contribution < 1.29 is 9.84 Å². The topological polar surface area (TPSA) is 64.4 Å². The van der Waals surface area contributed by atoms with Crippen LogP contribution in [0, 0.1) is 0 Å². The summed E-state index contributed by atoms with van der Waals surface area (Å²) in [6.07, 6.45) is 0.613. The van der Waals surface area contributed by atoms with E-state index in [4.69, 9.17) is 16.3 Å². The van der Waals surface area contributed by atoms with Gasteiger partial charge in [0.2, 0.25) is 0 Å². The molecule has 3 aromatic rings. The van der Waals surface area contributed by atoms with Crippen LogP contribution in [0.2, 0.25) is 5.02 Å². The van der Waals surface area contributed by atoms with Gasteiger partial charge in [-0.3, -0.25) is 9.36 Å². The minimum atomic E-state index is -0.827. The Morgan fingerprint density at radius 2 is 2.08 bits per heavy atom. The van der Waals surface area contributed by atoms with Gasteiger partial charge >= 0.3 is 0 Å². The molecule has 0 amide bonds. The highest BCUT2D eigenvalue weighted by Crippen LogP contribution is 2.16. The molecule has 0 aliphatic heterocycles. The normalized spacial score (nSPS) is 12.4. The van der Waals surface area contributed by atoms with E-state index in [0.717, 1.165) is 10.0 Å². The predicted molar refractivity (Wildman–Crippen MR) is 101 cm³/mol. The van der Waals surface area contributed by atoms with E-state index >= 15 is 0 Å². The van der Waals surface area contributed by atoms with E-state index in [1.807, 2.05) is 24.3 Å². The number of aromatic nitrogens is 2. The maximum Gasteiger partial charge on any atom is 0.261 e. The number of benzene rings is 2. The molecule has 0 aliphatic rings. The highest BCUT2D eigenvalue weighted by atomic mass is 79.9. The average Bonchev–Trinajstić information content (AvgIpc) is 2.59. The van der Waals surface area contributed by atoms with Crippen LogP contribution >= 0.6 is 27.5 Å². The van der Waals surface area contributed by atoms with Gasteiger partial charge in [0.15, 0.2) is 0 Å². The van der Waals surface area contributed by atoms with Crippen LogP contribution in [0.4, 0.5) is 0 Å². The third-order valence-electron chi connectivity index (χ3n) is 3.72. The quantitative estimate of drug-likeness (QED) is 0.660. The number of aliphatic hydroxyl groups is 1. The maximum absolute atomic E-state index is 12.5. The summed E-state index contributed by atoms with van der Waals surface area (Å²) in [5.74, 6) is 0. The molecule has 0 unspecified atom stereocenters. The summed E-state index contributed by atoms with van der Waals surface area (Å²) in [6, 6.07) is 12.7. The zero-order chi connectivity index (χ0) is 17.8. The zero-order valence-electron chi connectivity index (χ0n) is 13.2. The van der Waals surface area contributed by atoms with Crippen molar-refractivity contribution in [3.05, 3.63) is 74.2 Å². The maximum atomic E-state index is 12.5. The SMILES string of the molecule is O=c1c2cc(Br)ccc2ncn1C[C@@H](O)COCc1ccccc1Cl. The van der Waals surface area contributed by atoms with Gasteiger partial charge in [0, 0.05) is 9.50 Å². The lowest BCUT2D eigenvalue weighted by molar-refractivity contribution is 0.0198. The Labute approximate surface area is 158 Å². The van der Waals surface area contributed by atoms with Gasteiger partial charge < -0.3 is 9.84 Å². The van der Waals surface area contributed by atoms with Crippen molar-refractivity contribution in [2.75, 3.05) is 6.61 Å². The lowest BCUT2D eigenvalue weighted by Gasteiger charge is -2.14. The summed E-state index contributed by atoms with van der Waals surface area (Å²) in [5, 5.41) is 11.3. The van der Waals surface area contributed by atoms with E-state index in [1.54, 1.807) is 18.2 Å². The molecule has 130 valence electrons. The van der Waals surface area contributed by atoms with Crippen LogP contribution in [-0.4, -0.2) is 27.4 Å². The van der Waals surface area contributed by atoms with Crippen LogP contribution in [0.1, 0.15) is 5.56 Å². The van der Waals surface area contributed by atoms with Gasteiger partial charge in [0.05, 0.1) is 43.1 Å². The summed E-state index contributed by atoms with van der Waals surface area (Å²) in [5.41, 5.74) is 1.27.